The van der Waals surface area contributed by atoms with Gasteiger partial charge in [-0.3, -0.25) is 4.79 Å². The number of hydrogen-bond acceptors (Lipinski definition) is 3. The zero-order valence-corrected chi connectivity index (χ0v) is 18.5. The Morgan fingerprint density at radius 1 is 1.21 bits per heavy atom. The number of rotatable bonds is 6. The molecule has 1 unspecified atom stereocenters. The van der Waals surface area contributed by atoms with Crippen molar-refractivity contribution in [2.24, 2.45) is 0 Å². The van der Waals surface area contributed by atoms with Crippen LogP contribution in [-0.2, 0) is 16.2 Å². The van der Waals surface area contributed by atoms with Gasteiger partial charge in [0.15, 0.2) is 0 Å². The van der Waals surface area contributed by atoms with Crippen molar-refractivity contribution in [3.8, 4) is 11.1 Å². The highest BCUT2D eigenvalue weighted by Gasteiger charge is 2.32. The zero-order valence-electron chi connectivity index (χ0n) is 16.9. The predicted octanol–water partition coefficient (Wildman–Crippen LogP) is 5.47. The molecule has 8 heteroatoms. The Balaban J connectivity index is 2.62. The van der Waals surface area contributed by atoms with E-state index >= 15 is 0 Å². The molecule has 158 valence electrons. The first-order chi connectivity index (χ1) is 13.3. The van der Waals surface area contributed by atoms with Gasteiger partial charge in [-0.1, -0.05) is 11.6 Å². The average molecular weight is 444 g/mol. The molecule has 0 spiro atoms. The highest BCUT2D eigenvalue weighted by Crippen LogP contribution is 2.36. The largest absolute Gasteiger partial charge is 0.598 e. The summed E-state index contributed by atoms with van der Waals surface area (Å²) in [5, 5.41) is 9.10. The van der Waals surface area contributed by atoms with Gasteiger partial charge in [0.05, 0.1) is 17.5 Å². The highest BCUT2D eigenvalue weighted by atomic mass is 35.5. The molecule has 2 aromatic rings. The summed E-state index contributed by atoms with van der Waals surface area (Å²) in [6, 6.07) is 4.56. The lowest BCUT2D eigenvalue weighted by molar-refractivity contribution is -0.137. The minimum absolute atomic E-state index is 0.00405. The number of hydrogen-bond donors (Lipinski definition) is 2. The Morgan fingerprint density at radius 3 is 2.24 bits per heavy atom. The van der Waals surface area contributed by atoms with Crippen LogP contribution >= 0.6 is 11.6 Å². The Labute approximate surface area is 177 Å². The second-order valence-electron chi connectivity index (χ2n) is 7.93. The molecule has 0 amide bonds. The van der Waals surface area contributed by atoms with E-state index in [-0.39, 0.29) is 16.4 Å². The molecule has 0 aromatic heterocycles. The summed E-state index contributed by atoms with van der Waals surface area (Å²) in [6.07, 6.45) is -0.486. The molecule has 0 saturated carbocycles. The SMILES string of the molecule is Cc1cc(F)cc(C)c1-c1cc(Cl)c(F)c([C@H](CC(=O)O)N[S+]([O-])C(C)(C)C)c1. The van der Waals surface area contributed by atoms with E-state index in [0.29, 0.717) is 22.3 Å². The summed E-state index contributed by atoms with van der Waals surface area (Å²) < 4.78 is 43.1. The topological polar surface area (TPSA) is 72.4 Å². The second kappa shape index (κ2) is 9.00. The third-order valence-corrected chi connectivity index (χ3v) is 6.29. The predicted molar refractivity (Wildman–Crippen MR) is 112 cm³/mol. The number of carbonyl (C=O) groups is 1. The lowest BCUT2D eigenvalue weighted by atomic mass is 9.92. The van der Waals surface area contributed by atoms with Gasteiger partial charge in [0.2, 0.25) is 0 Å². The third-order valence-electron chi connectivity index (χ3n) is 4.40. The molecule has 0 fully saturated rings. The molecule has 2 rings (SSSR count). The quantitative estimate of drug-likeness (QED) is 0.580. The van der Waals surface area contributed by atoms with Crippen LogP contribution in [0.1, 0.15) is 49.9 Å². The lowest BCUT2D eigenvalue weighted by Gasteiger charge is -2.28. The van der Waals surface area contributed by atoms with Crippen LogP contribution in [0.4, 0.5) is 8.78 Å². The number of carboxylic acid groups (broad SMARTS) is 1. The number of aliphatic carboxylic acids is 1. The molecule has 0 aliphatic rings. The van der Waals surface area contributed by atoms with Gasteiger partial charge < -0.3 is 9.66 Å². The second-order valence-corrected chi connectivity index (χ2v) is 10.3. The summed E-state index contributed by atoms with van der Waals surface area (Å²) in [4.78, 5) is 11.4. The van der Waals surface area contributed by atoms with Crippen LogP contribution in [0.25, 0.3) is 11.1 Å². The van der Waals surface area contributed by atoms with E-state index in [1.165, 1.54) is 24.3 Å². The summed E-state index contributed by atoms with van der Waals surface area (Å²) in [5.41, 5.74) is 2.48. The monoisotopic (exact) mass is 443 g/mol. The van der Waals surface area contributed by atoms with Gasteiger partial charge in [0.25, 0.3) is 0 Å². The summed E-state index contributed by atoms with van der Waals surface area (Å²) in [5.74, 6) is -2.34. The number of benzene rings is 2. The molecular weight excluding hydrogens is 420 g/mol. The number of halogens is 3. The fraction of sp³-hybridized carbons (Fsp3) is 0.381. The van der Waals surface area contributed by atoms with E-state index < -0.39 is 40.4 Å². The Morgan fingerprint density at radius 2 is 1.76 bits per heavy atom. The van der Waals surface area contributed by atoms with Crippen LogP contribution in [0.15, 0.2) is 24.3 Å². The minimum Gasteiger partial charge on any atom is -0.598 e. The fourth-order valence-electron chi connectivity index (χ4n) is 3.07. The van der Waals surface area contributed by atoms with Crippen LogP contribution < -0.4 is 4.72 Å². The Kier molecular flexibility index (Phi) is 7.32. The van der Waals surface area contributed by atoms with E-state index in [9.17, 15) is 23.2 Å². The number of aryl methyl sites for hydroxylation is 2. The van der Waals surface area contributed by atoms with Gasteiger partial charge >= 0.3 is 5.97 Å². The van der Waals surface area contributed by atoms with E-state index in [4.69, 9.17) is 11.6 Å². The molecule has 0 aliphatic carbocycles. The highest BCUT2D eigenvalue weighted by molar-refractivity contribution is 7.90. The summed E-state index contributed by atoms with van der Waals surface area (Å²) in [6.45, 7) is 8.62. The van der Waals surface area contributed by atoms with Crippen molar-refractivity contribution in [3.05, 3.63) is 57.6 Å². The lowest BCUT2D eigenvalue weighted by Crippen LogP contribution is -2.42. The third kappa shape index (κ3) is 5.69. The van der Waals surface area contributed by atoms with Crippen LogP contribution in [-0.4, -0.2) is 20.4 Å². The van der Waals surface area contributed by atoms with Crippen molar-refractivity contribution in [2.75, 3.05) is 0 Å². The summed E-state index contributed by atoms with van der Waals surface area (Å²) >= 11 is 4.48. The molecule has 4 nitrogen and oxygen atoms in total. The molecule has 2 N–H and O–H groups in total. The Bertz CT molecular complexity index is 908. The van der Waals surface area contributed by atoms with E-state index in [0.717, 1.165) is 0 Å². The van der Waals surface area contributed by atoms with Gasteiger partial charge in [0, 0.05) is 16.9 Å². The number of carboxylic acids is 1. The fourth-order valence-corrected chi connectivity index (χ4v) is 4.12. The van der Waals surface area contributed by atoms with Gasteiger partial charge in [-0.15, -0.1) is 4.72 Å². The molecule has 0 bridgehead atoms. The van der Waals surface area contributed by atoms with Crippen LogP contribution in [0.2, 0.25) is 5.02 Å². The maximum atomic E-state index is 14.9. The van der Waals surface area contributed by atoms with E-state index in [1.54, 1.807) is 34.6 Å². The molecule has 2 aromatic carbocycles. The molecule has 29 heavy (non-hydrogen) atoms. The minimum atomic E-state index is -1.63. The first-order valence-electron chi connectivity index (χ1n) is 8.97. The molecule has 2 atom stereocenters. The molecule has 0 heterocycles. The van der Waals surface area contributed by atoms with Gasteiger partial charge in [-0.2, -0.15) is 0 Å². The van der Waals surface area contributed by atoms with Crippen LogP contribution in [0.5, 0.6) is 0 Å². The van der Waals surface area contributed by atoms with Crippen molar-refractivity contribution in [1.82, 2.24) is 4.72 Å². The van der Waals surface area contributed by atoms with Crippen molar-refractivity contribution in [2.45, 2.75) is 51.8 Å². The first kappa shape index (κ1) is 23.6. The van der Waals surface area contributed by atoms with E-state index in [2.05, 4.69) is 4.72 Å². The summed E-state index contributed by atoms with van der Waals surface area (Å²) in [7, 11) is 0. The van der Waals surface area contributed by atoms with Crippen molar-refractivity contribution in [3.63, 3.8) is 0 Å². The van der Waals surface area contributed by atoms with Crippen LogP contribution in [0.3, 0.4) is 0 Å². The van der Waals surface area contributed by atoms with Crippen molar-refractivity contribution in [1.29, 1.82) is 0 Å². The van der Waals surface area contributed by atoms with Gasteiger partial charge in [-0.25, -0.2) is 8.78 Å². The zero-order chi connectivity index (χ0) is 22.1. The van der Waals surface area contributed by atoms with Crippen LogP contribution in [0, 0.1) is 25.5 Å². The maximum absolute atomic E-state index is 14.9. The Hall–Kier alpha value is -1.67. The standard InChI is InChI=1S/C21H24ClF2NO3S/c1-11-6-14(23)7-12(2)19(11)13-8-15(20(24)16(22)9-13)17(10-18(26)27)25-29(28)21(3,4)5/h6-9,17,25H,10H2,1-5H3,(H,26,27)/t17-,29?/m0/s1. The maximum Gasteiger partial charge on any atom is 0.305 e. The molecular formula is C21H24ClF2NO3S. The van der Waals surface area contributed by atoms with Gasteiger partial charge in [-0.05, 0) is 81.1 Å². The molecule has 0 aliphatic heterocycles. The first-order valence-corrected chi connectivity index (χ1v) is 10.5. The van der Waals surface area contributed by atoms with Gasteiger partial charge in [0.1, 0.15) is 16.4 Å². The number of nitrogens with one attached hydrogen (secondary N) is 1. The van der Waals surface area contributed by atoms with Crippen molar-refractivity contribution < 1.29 is 23.2 Å². The van der Waals surface area contributed by atoms with E-state index in [1.807, 2.05) is 0 Å². The van der Waals surface area contributed by atoms with Crippen molar-refractivity contribution >= 4 is 28.9 Å². The average Bonchev–Trinajstić information content (AvgIpc) is 2.54. The normalized spacial score (nSPS) is 14.0. The molecule has 0 radical (unpaired) electrons. The molecule has 0 saturated heterocycles. The smallest absolute Gasteiger partial charge is 0.305 e.